The van der Waals surface area contributed by atoms with Gasteiger partial charge in [-0.15, -0.1) is 0 Å². The Morgan fingerprint density at radius 1 is 1.11 bits per heavy atom. The van der Waals surface area contributed by atoms with Gasteiger partial charge in [0.05, 0.1) is 11.2 Å². The van der Waals surface area contributed by atoms with Gasteiger partial charge in [-0.25, -0.2) is 9.97 Å². The summed E-state index contributed by atoms with van der Waals surface area (Å²) < 4.78 is 0. The van der Waals surface area contributed by atoms with Crippen molar-refractivity contribution < 1.29 is 0 Å². The van der Waals surface area contributed by atoms with Crippen LogP contribution in [0.2, 0.25) is 0 Å². The summed E-state index contributed by atoms with van der Waals surface area (Å²) in [6, 6.07) is 6.33. The number of fused-ring (bicyclic) bond motifs is 1. The van der Waals surface area contributed by atoms with Crippen LogP contribution in [0.25, 0.3) is 10.9 Å². The van der Waals surface area contributed by atoms with Gasteiger partial charge in [-0.1, -0.05) is 30.9 Å². The second kappa shape index (κ2) is 4.56. The molecule has 0 amide bonds. The number of aryl methyl sites for hydroxylation is 1. The fourth-order valence-corrected chi connectivity index (χ4v) is 2.97. The van der Waals surface area contributed by atoms with Crippen molar-refractivity contribution in [2.45, 2.75) is 44.9 Å². The van der Waals surface area contributed by atoms with Crippen LogP contribution in [0, 0.1) is 6.92 Å². The van der Waals surface area contributed by atoms with Crippen LogP contribution in [0.4, 0.5) is 5.95 Å². The second-order valence-corrected chi connectivity index (χ2v) is 5.32. The zero-order chi connectivity index (χ0) is 12.5. The Balaban J connectivity index is 2.16. The summed E-state index contributed by atoms with van der Waals surface area (Å²) in [4.78, 5) is 8.87. The first-order chi connectivity index (χ1) is 8.74. The molecule has 0 spiro atoms. The monoisotopic (exact) mass is 241 g/mol. The molecule has 3 nitrogen and oxygen atoms in total. The van der Waals surface area contributed by atoms with Crippen LogP contribution in [-0.4, -0.2) is 9.97 Å². The standard InChI is InChI=1S/C15H19N3/c1-10-7-8-13-12(9-10)14(18-15(16)17-13)11-5-3-2-4-6-11/h7-9,11H,2-6H2,1H3,(H2,16,17,18). The summed E-state index contributed by atoms with van der Waals surface area (Å²) in [5.74, 6) is 0.972. The SMILES string of the molecule is Cc1ccc2nc(N)nc(C3CCCCC3)c2c1. The number of nitrogens with two attached hydrogens (primary N) is 1. The average molecular weight is 241 g/mol. The molecule has 1 heterocycles. The lowest BCUT2D eigenvalue weighted by molar-refractivity contribution is 0.439. The maximum atomic E-state index is 5.85. The van der Waals surface area contributed by atoms with Crippen LogP contribution in [0.1, 0.15) is 49.3 Å². The fraction of sp³-hybridized carbons (Fsp3) is 0.467. The largest absolute Gasteiger partial charge is 0.368 e. The lowest BCUT2D eigenvalue weighted by Gasteiger charge is -2.22. The molecule has 1 aliphatic rings. The van der Waals surface area contributed by atoms with Gasteiger partial charge in [0.1, 0.15) is 0 Å². The van der Waals surface area contributed by atoms with Crippen LogP contribution >= 0.6 is 0 Å². The van der Waals surface area contributed by atoms with Gasteiger partial charge in [0.15, 0.2) is 0 Å². The van der Waals surface area contributed by atoms with Gasteiger partial charge in [-0.3, -0.25) is 0 Å². The van der Waals surface area contributed by atoms with Crippen LogP contribution in [0.15, 0.2) is 18.2 Å². The van der Waals surface area contributed by atoms with E-state index < -0.39 is 0 Å². The van der Waals surface area contributed by atoms with Crippen molar-refractivity contribution in [3.63, 3.8) is 0 Å². The summed E-state index contributed by atoms with van der Waals surface area (Å²) >= 11 is 0. The molecule has 3 rings (SSSR count). The van der Waals surface area contributed by atoms with Crippen molar-refractivity contribution in [3.8, 4) is 0 Å². The topological polar surface area (TPSA) is 51.8 Å². The maximum Gasteiger partial charge on any atom is 0.220 e. The third kappa shape index (κ3) is 2.05. The van der Waals surface area contributed by atoms with Gasteiger partial charge in [-0.2, -0.15) is 0 Å². The minimum absolute atomic E-state index is 0.409. The number of nitrogen functional groups attached to an aromatic ring is 1. The summed E-state index contributed by atoms with van der Waals surface area (Å²) in [5.41, 5.74) is 9.25. The molecule has 2 aromatic rings. The number of rotatable bonds is 1. The van der Waals surface area contributed by atoms with Crippen LogP contribution in [-0.2, 0) is 0 Å². The van der Waals surface area contributed by atoms with E-state index in [1.807, 2.05) is 0 Å². The normalized spacial score (nSPS) is 17.2. The lowest BCUT2D eigenvalue weighted by atomic mass is 9.85. The molecule has 1 aromatic carbocycles. The van der Waals surface area contributed by atoms with Crippen LogP contribution < -0.4 is 5.73 Å². The molecule has 0 radical (unpaired) electrons. The number of nitrogens with zero attached hydrogens (tertiary/aromatic N) is 2. The van der Waals surface area contributed by atoms with Crippen molar-refractivity contribution in [3.05, 3.63) is 29.5 Å². The van der Waals surface area contributed by atoms with E-state index in [1.165, 1.54) is 48.7 Å². The van der Waals surface area contributed by atoms with Crippen LogP contribution in [0.3, 0.4) is 0 Å². The molecule has 0 aliphatic heterocycles. The smallest absolute Gasteiger partial charge is 0.220 e. The minimum Gasteiger partial charge on any atom is -0.368 e. The van der Waals surface area contributed by atoms with Crippen molar-refractivity contribution in [1.82, 2.24) is 9.97 Å². The van der Waals surface area contributed by atoms with E-state index >= 15 is 0 Å². The average Bonchev–Trinajstić information content (AvgIpc) is 2.39. The Morgan fingerprint density at radius 3 is 2.67 bits per heavy atom. The van der Waals surface area contributed by atoms with Crippen LogP contribution in [0.5, 0.6) is 0 Å². The Kier molecular flexibility index (Phi) is 2.90. The molecule has 1 aliphatic carbocycles. The first-order valence-electron chi connectivity index (χ1n) is 6.78. The minimum atomic E-state index is 0.409. The van der Waals surface area contributed by atoms with E-state index in [-0.39, 0.29) is 0 Å². The van der Waals surface area contributed by atoms with Gasteiger partial charge < -0.3 is 5.73 Å². The molecular formula is C15H19N3. The molecule has 0 bridgehead atoms. The molecule has 18 heavy (non-hydrogen) atoms. The third-order valence-corrected chi connectivity index (χ3v) is 3.89. The molecular weight excluding hydrogens is 222 g/mol. The molecule has 0 unspecified atom stereocenters. The number of hydrogen-bond donors (Lipinski definition) is 1. The summed E-state index contributed by atoms with van der Waals surface area (Å²) in [7, 11) is 0. The number of benzene rings is 1. The van der Waals surface area contributed by atoms with Crippen molar-refractivity contribution >= 4 is 16.9 Å². The van der Waals surface area contributed by atoms with Gasteiger partial charge >= 0.3 is 0 Å². The molecule has 94 valence electrons. The number of hydrogen-bond acceptors (Lipinski definition) is 3. The Morgan fingerprint density at radius 2 is 1.89 bits per heavy atom. The first-order valence-corrected chi connectivity index (χ1v) is 6.78. The lowest BCUT2D eigenvalue weighted by Crippen LogP contribution is -2.09. The van der Waals surface area contributed by atoms with Gasteiger partial charge in [0, 0.05) is 11.3 Å². The highest BCUT2D eigenvalue weighted by Gasteiger charge is 2.20. The Bertz CT molecular complexity index is 571. The highest BCUT2D eigenvalue weighted by atomic mass is 15.0. The summed E-state index contributed by atoms with van der Waals surface area (Å²) in [6.45, 7) is 2.11. The van der Waals surface area contributed by atoms with Crippen molar-refractivity contribution in [2.24, 2.45) is 0 Å². The molecule has 1 saturated carbocycles. The van der Waals surface area contributed by atoms with E-state index in [0.717, 1.165) is 5.52 Å². The van der Waals surface area contributed by atoms with Gasteiger partial charge in [0.2, 0.25) is 5.95 Å². The molecule has 0 saturated heterocycles. The van der Waals surface area contributed by atoms with Gasteiger partial charge in [-0.05, 0) is 31.9 Å². The highest BCUT2D eigenvalue weighted by Crippen LogP contribution is 2.35. The van der Waals surface area contributed by atoms with Crippen molar-refractivity contribution in [2.75, 3.05) is 5.73 Å². The number of anilines is 1. The Hall–Kier alpha value is -1.64. The summed E-state index contributed by atoms with van der Waals surface area (Å²) in [5, 5.41) is 1.19. The summed E-state index contributed by atoms with van der Waals surface area (Å²) in [6.07, 6.45) is 6.44. The van der Waals surface area contributed by atoms with E-state index in [1.54, 1.807) is 0 Å². The van der Waals surface area contributed by atoms with Gasteiger partial charge in [0.25, 0.3) is 0 Å². The third-order valence-electron chi connectivity index (χ3n) is 3.89. The van der Waals surface area contributed by atoms with E-state index in [2.05, 4.69) is 35.1 Å². The molecule has 2 N–H and O–H groups in total. The van der Waals surface area contributed by atoms with Crippen molar-refractivity contribution in [1.29, 1.82) is 0 Å². The Labute approximate surface area is 107 Å². The predicted octanol–water partition coefficient (Wildman–Crippen LogP) is 3.57. The quantitative estimate of drug-likeness (QED) is 0.830. The zero-order valence-electron chi connectivity index (χ0n) is 10.8. The number of aromatic nitrogens is 2. The van der Waals surface area contributed by atoms with E-state index in [0.29, 0.717) is 11.9 Å². The second-order valence-electron chi connectivity index (χ2n) is 5.32. The molecule has 0 atom stereocenters. The first kappa shape index (κ1) is 11.5. The molecule has 3 heteroatoms. The zero-order valence-corrected chi connectivity index (χ0v) is 10.8. The van der Waals surface area contributed by atoms with E-state index in [9.17, 15) is 0 Å². The maximum absolute atomic E-state index is 5.85. The molecule has 1 fully saturated rings. The fourth-order valence-electron chi connectivity index (χ4n) is 2.97. The highest BCUT2D eigenvalue weighted by molar-refractivity contribution is 5.83. The van der Waals surface area contributed by atoms with E-state index in [4.69, 9.17) is 5.73 Å². The molecule has 1 aromatic heterocycles. The predicted molar refractivity (Wildman–Crippen MR) is 74.5 cm³/mol.